The van der Waals surface area contributed by atoms with Gasteiger partial charge in [-0.15, -0.1) is 0 Å². The predicted octanol–water partition coefficient (Wildman–Crippen LogP) is 2.92. The molecule has 2 atom stereocenters. The third-order valence-electron chi connectivity index (χ3n) is 4.36. The molecule has 3 heteroatoms. The van der Waals surface area contributed by atoms with Gasteiger partial charge in [0, 0.05) is 18.1 Å². The first-order chi connectivity index (χ1) is 8.48. The van der Waals surface area contributed by atoms with Crippen molar-refractivity contribution in [2.45, 2.75) is 83.5 Å². The van der Waals surface area contributed by atoms with E-state index in [0.717, 1.165) is 19.3 Å². The number of hydrogen-bond acceptors (Lipinski definition) is 3. The summed E-state index contributed by atoms with van der Waals surface area (Å²) < 4.78 is 0. The van der Waals surface area contributed by atoms with Crippen LogP contribution in [0.25, 0.3) is 0 Å². The predicted molar refractivity (Wildman–Crippen MR) is 76.4 cm³/mol. The van der Waals surface area contributed by atoms with Crippen molar-refractivity contribution in [1.29, 1.82) is 5.26 Å². The Morgan fingerprint density at radius 2 is 2.00 bits per heavy atom. The smallest absolute Gasteiger partial charge is 0.108 e. The van der Waals surface area contributed by atoms with Crippen LogP contribution in [0.5, 0.6) is 0 Å². The average molecular weight is 251 g/mol. The third-order valence-corrected chi connectivity index (χ3v) is 4.36. The molecule has 0 heterocycles. The molecule has 0 aromatic rings. The Morgan fingerprint density at radius 1 is 1.39 bits per heavy atom. The van der Waals surface area contributed by atoms with E-state index in [0.29, 0.717) is 18.1 Å². The molecular weight excluding hydrogens is 222 g/mol. The van der Waals surface area contributed by atoms with Crippen molar-refractivity contribution in [3.8, 4) is 6.07 Å². The first kappa shape index (κ1) is 15.5. The van der Waals surface area contributed by atoms with E-state index in [2.05, 4.69) is 51.0 Å². The molecule has 0 amide bonds. The van der Waals surface area contributed by atoms with Crippen LogP contribution >= 0.6 is 0 Å². The Morgan fingerprint density at radius 3 is 2.44 bits per heavy atom. The highest BCUT2D eigenvalue weighted by Gasteiger charge is 2.41. The van der Waals surface area contributed by atoms with Gasteiger partial charge in [0.25, 0.3) is 0 Å². The lowest BCUT2D eigenvalue weighted by atomic mass is 9.97. The van der Waals surface area contributed by atoms with Crippen LogP contribution in [0.3, 0.4) is 0 Å². The molecule has 1 rings (SSSR count). The summed E-state index contributed by atoms with van der Waals surface area (Å²) in [6, 6.07) is 4.12. The molecule has 1 aliphatic rings. The molecule has 0 aromatic carbocycles. The summed E-state index contributed by atoms with van der Waals surface area (Å²) in [7, 11) is 2.23. The number of hydrogen-bond donors (Lipinski definition) is 1. The second kappa shape index (κ2) is 6.54. The Labute approximate surface area is 113 Å². The molecule has 3 nitrogen and oxygen atoms in total. The van der Waals surface area contributed by atoms with Crippen molar-refractivity contribution < 1.29 is 0 Å². The maximum atomic E-state index is 9.49. The van der Waals surface area contributed by atoms with Crippen molar-refractivity contribution in [3.05, 3.63) is 0 Å². The van der Waals surface area contributed by atoms with Crippen LogP contribution in [0.4, 0.5) is 0 Å². The highest BCUT2D eigenvalue weighted by atomic mass is 15.2. The van der Waals surface area contributed by atoms with Gasteiger partial charge in [-0.1, -0.05) is 13.8 Å². The highest BCUT2D eigenvalue weighted by Crippen LogP contribution is 2.34. The molecule has 2 unspecified atom stereocenters. The SMILES string of the molecule is CCC(CC)N(C)C1CCC(C#N)(NC(C)C)C1. The van der Waals surface area contributed by atoms with Crippen LogP contribution in [0.15, 0.2) is 0 Å². The Hall–Kier alpha value is -0.590. The highest BCUT2D eigenvalue weighted by molar-refractivity contribution is 5.14. The van der Waals surface area contributed by atoms with Crippen LogP contribution in [-0.4, -0.2) is 35.6 Å². The summed E-state index contributed by atoms with van der Waals surface area (Å²) in [6.45, 7) is 8.75. The molecule has 1 fully saturated rings. The molecule has 1 aliphatic carbocycles. The van der Waals surface area contributed by atoms with Crippen LogP contribution in [-0.2, 0) is 0 Å². The molecular formula is C15H29N3. The normalized spacial score (nSPS) is 28.3. The topological polar surface area (TPSA) is 39.1 Å². The Kier molecular flexibility index (Phi) is 5.62. The largest absolute Gasteiger partial charge is 0.300 e. The number of nitrogens with zero attached hydrogens (tertiary/aromatic N) is 2. The summed E-state index contributed by atoms with van der Waals surface area (Å²) in [5.74, 6) is 0. The van der Waals surface area contributed by atoms with Gasteiger partial charge in [-0.05, 0) is 53.0 Å². The standard InChI is InChI=1S/C15H29N3/c1-6-13(7-2)18(5)14-8-9-15(10-14,11-16)17-12(3)4/h12-14,17H,6-10H2,1-5H3. The van der Waals surface area contributed by atoms with Gasteiger partial charge in [0.05, 0.1) is 6.07 Å². The second-order valence-electron chi connectivity index (χ2n) is 6.03. The molecule has 104 valence electrons. The third kappa shape index (κ3) is 3.46. The zero-order valence-electron chi connectivity index (χ0n) is 12.7. The Balaban J connectivity index is 2.66. The zero-order valence-corrected chi connectivity index (χ0v) is 12.7. The van der Waals surface area contributed by atoms with E-state index in [1.807, 2.05) is 0 Å². The van der Waals surface area contributed by atoms with Crippen LogP contribution < -0.4 is 5.32 Å². The van der Waals surface area contributed by atoms with Crippen LogP contribution in [0, 0.1) is 11.3 Å². The monoisotopic (exact) mass is 251 g/mol. The van der Waals surface area contributed by atoms with E-state index >= 15 is 0 Å². The summed E-state index contributed by atoms with van der Waals surface area (Å²) in [5.41, 5.74) is -0.293. The second-order valence-corrected chi connectivity index (χ2v) is 6.03. The minimum atomic E-state index is -0.293. The molecule has 0 spiro atoms. The van der Waals surface area contributed by atoms with Gasteiger partial charge in [0.2, 0.25) is 0 Å². The summed E-state index contributed by atoms with van der Waals surface area (Å²) in [5, 5.41) is 13.0. The van der Waals surface area contributed by atoms with E-state index in [-0.39, 0.29) is 5.54 Å². The van der Waals surface area contributed by atoms with Gasteiger partial charge < -0.3 is 4.90 Å². The van der Waals surface area contributed by atoms with E-state index in [1.165, 1.54) is 12.8 Å². The van der Waals surface area contributed by atoms with E-state index in [4.69, 9.17) is 0 Å². The lowest BCUT2D eigenvalue weighted by Gasteiger charge is -2.33. The van der Waals surface area contributed by atoms with Crippen molar-refractivity contribution in [2.24, 2.45) is 0 Å². The van der Waals surface area contributed by atoms with Crippen molar-refractivity contribution >= 4 is 0 Å². The first-order valence-corrected chi connectivity index (χ1v) is 7.38. The molecule has 0 aromatic heterocycles. The van der Waals surface area contributed by atoms with Gasteiger partial charge in [-0.2, -0.15) is 5.26 Å². The van der Waals surface area contributed by atoms with Crippen molar-refractivity contribution in [3.63, 3.8) is 0 Å². The summed E-state index contributed by atoms with van der Waals surface area (Å²) in [6.07, 6.45) is 5.48. The molecule has 0 aliphatic heterocycles. The van der Waals surface area contributed by atoms with E-state index < -0.39 is 0 Å². The summed E-state index contributed by atoms with van der Waals surface area (Å²) in [4.78, 5) is 2.50. The molecule has 0 radical (unpaired) electrons. The summed E-state index contributed by atoms with van der Waals surface area (Å²) >= 11 is 0. The lowest BCUT2D eigenvalue weighted by molar-refractivity contribution is 0.160. The fraction of sp³-hybridized carbons (Fsp3) is 0.933. The van der Waals surface area contributed by atoms with Gasteiger partial charge in [0.15, 0.2) is 0 Å². The zero-order chi connectivity index (χ0) is 13.8. The molecule has 1 saturated carbocycles. The van der Waals surface area contributed by atoms with Crippen molar-refractivity contribution in [2.75, 3.05) is 7.05 Å². The van der Waals surface area contributed by atoms with Crippen molar-refractivity contribution in [1.82, 2.24) is 10.2 Å². The average Bonchev–Trinajstić information content (AvgIpc) is 2.74. The number of nitriles is 1. The number of nitrogens with one attached hydrogen (secondary N) is 1. The molecule has 1 N–H and O–H groups in total. The van der Waals surface area contributed by atoms with Gasteiger partial charge >= 0.3 is 0 Å². The molecule has 0 bridgehead atoms. The van der Waals surface area contributed by atoms with Gasteiger partial charge in [-0.3, -0.25) is 5.32 Å². The van der Waals surface area contributed by atoms with Crippen LogP contribution in [0.2, 0.25) is 0 Å². The fourth-order valence-electron chi connectivity index (χ4n) is 3.35. The first-order valence-electron chi connectivity index (χ1n) is 7.38. The maximum Gasteiger partial charge on any atom is 0.108 e. The maximum absolute atomic E-state index is 9.49. The minimum absolute atomic E-state index is 0.293. The van der Waals surface area contributed by atoms with E-state index in [9.17, 15) is 5.26 Å². The van der Waals surface area contributed by atoms with Gasteiger partial charge in [0.1, 0.15) is 5.54 Å². The minimum Gasteiger partial charge on any atom is -0.300 e. The molecule has 0 saturated heterocycles. The fourth-order valence-corrected chi connectivity index (χ4v) is 3.35. The molecule has 18 heavy (non-hydrogen) atoms. The van der Waals surface area contributed by atoms with Crippen LogP contribution in [0.1, 0.15) is 59.8 Å². The lowest BCUT2D eigenvalue weighted by Crippen LogP contribution is -2.47. The number of rotatable bonds is 6. The van der Waals surface area contributed by atoms with Gasteiger partial charge in [-0.25, -0.2) is 0 Å². The quantitative estimate of drug-likeness (QED) is 0.789. The van der Waals surface area contributed by atoms with E-state index in [1.54, 1.807) is 0 Å². The Bertz CT molecular complexity index is 291.